The van der Waals surface area contributed by atoms with Crippen LogP contribution in [-0.4, -0.2) is 49.5 Å². The minimum absolute atomic E-state index is 0.214. The first-order valence-electron chi connectivity index (χ1n) is 10.7. The number of H-pyrrole nitrogens is 1. The maximum Gasteiger partial charge on any atom is 0.573 e. The van der Waals surface area contributed by atoms with Crippen molar-refractivity contribution < 1.29 is 17.9 Å². The molecule has 1 aromatic heterocycles. The standard InChI is InChI=1S/C24H28F3N3O/c1-16-21-15-18(17-8-11-30(12-9-17)13-10-28-2)6-7-22(21)29-23(16)19-4-3-5-20(14-19)31-24(25,26)27/h3-7,14-15,17,28-29H,8-13H2,1-2H3. The molecule has 1 saturated heterocycles. The van der Waals surface area contributed by atoms with Gasteiger partial charge in [0.05, 0.1) is 0 Å². The van der Waals surface area contributed by atoms with E-state index in [0.717, 1.165) is 61.2 Å². The number of fused-ring (bicyclic) bond motifs is 1. The van der Waals surface area contributed by atoms with E-state index in [9.17, 15) is 13.2 Å². The van der Waals surface area contributed by atoms with E-state index in [1.54, 1.807) is 12.1 Å². The van der Waals surface area contributed by atoms with Crippen LogP contribution in [0.5, 0.6) is 5.75 Å². The molecule has 3 aromatic rings. The van der Waals surface area contributed by atoms with Crippen LogP contribution in [0.4, 0.5) is 13.2 Å². The van der Waals surface area contributed by atoms with Gasteiger partial charge >= 0.3 is 6.36 Å². The molecule has 0 radical (unpaired) electrons. The molecule has 7 heteroatoms. The molecule has 0 saturated carbocycles. The van der Waals surface area contributed by atoms with Crippen molar-refractivity contribution in [1.29, 1.82) is 0 Å². The topological polar surface area (TPSA) is 40.3 Å². The number of aromatic amines is 1. The van der Waals surface area contributed by atoms with E-state index < -0.39 is 6.36 Å². The first-order chi connectivity index (χ1) is 14.8. The summed E-state index contributed by atoms with van der Waals surface area (Å²) in [5.74, 6) is 0.324. The highest BCUT2D eigenvalue weighted by Crippen LogP contribution is 2.35. The summed E-state index contributed by atoms with van der Waals surface area (Å²) in [6, 6.07) is 12.6. The second kappa shape index (κ2) is 8.93. The third kappa shape index (κ3) is 5.05. The molecule has 0 amide bonds. The Kier molecular flexibility index (Phi) is 6.25. The normalized spacial score (nSPS) is 16.2. The summed E-state index contributed by atoms with van der Waals surface area (Å²) >= 11 is 0. The van der Waals surface area contributed by atoms with Crippen molar-refractivity contribution in [2.24, 2.45) is 0 Å². The van der Waals surface area contributed by atoms with Gasteiger partial charge in [0.1, 0.15) is 5.75 Å². The third-order valence-corrected chi connectivity index (χ3v) is 6.18. The van der Waals surface area contributed by atoms with Gasteiger partial charge in [0.2, 0.25) is 0 Å². The Hall–Kier alpha value is -2.51. The summed E-state index contributed by atoms with van der Waals surface area (Å²) < 4.78 is 41.9. The number of likely N-dealkylation sites (tertiary alicyclic amines) is 1. The molecule has 166 valence electrons. The Balaban J connectivity index is 1.56. The zero-order chi connectivity index (χ0) is 22.0. The lowest BCUT2D eigenvalue weighted by atomic mass is 9.88. The van der Waals surface area contributed by atoms with E-state index in [2.05, 4.69) is 38.1 Å². The fraction of sp³-hybridized carbons (Fsp3) is 0.417. The van der Waals surface area contributed by atoms with Crippen LogP contribution in [0.15, 0.2) is 42.5 Å². The van der Waals surface area contributed by atoms with E-state index in [4.69, 9.17) is 0 Å². The van der Waals surface area contributed by atoms with Gasteiger partial charge in [0.25, 0.3) is 0 Å². The van der Waals surface area contributed by atoms with E-state index >= 15 is 0 Å². The number of hydrogen-bond donors (Lipinski definition) is 2. The number of halogens is 3. The minimum Gasteiger partial charge on any atom is -0.406 e. The Bertz CT molecular complexity index is 1040. The molecule has 1 fully saturated rings. The van der Waals surface area contributed by atoms with E-state index in [1.165, 1.54) is 17.7 Å². The zero-order valence-electron chi connectivity index (χ0n) is 17.9. The van der Waals surface area contributed by atoms with Gasteiger partial charge in [0, 0.05) is 35.2 Å². The van der Waals surface area contributed by atoms with Crippen LogP contribution in [0.25, 0.3) is 22.2 Å². The molecule has 0 atom stereocenters. The van der Waals surface area contributed by atoms with Gasteiger partial charge in [0.15, 0.2) is 0 Å². The van der Waals surface area contributed by atoms with Gasteiger partial charge in [-0.05, 0) is 81.2 Å². The summed E-state index contributed by atoms with van der Waals surface area (Å²) in [6.45, 7) is 6.31. The Morgan fingerprint density at radius 1 is 1.13 bits per heavy atom. The highest BCUT2D eigenvalue weighted by Gasteiger charge is 2.31. The van der Waals surface area contributed by atoms with Crippen LogP contribution in [0.2, 0.25) is 0 Å². The summed E-state index contributed by atoms with van der Waals surface area (Å²) in [6.07, 6.45) is -2.42. The number of ether oxygens (including phenoxy) is 1. The average molecular weight is 432 g/mol. The number of nitrogens with zero attached hydrogens (tertiary/aromatic N) is 1. The molecule has 2 N–H and O–H groups in total. The fourth-order valence-electron chi connectivity index (χ4n) is 4.50. The number of alkyl halides is 3. The number of aromatic nitrogens is 1. The molecule has 0 unspecified atom stereocenters. The number of benzene rings is 2. The predicted molar refractivity (Wildman–Crippen MR) is 117 cm³/mol. The fourth-order valence-corrected chi connectivity index (χ4v) is 4.50. The highest BCUT2D eigenvalue weighted by molar-refractivity contribution is 5.91. The van der Waals surface area contributed by atoms with Crippen LogP contribution in [0.3, 0.4) is 0 Å². The summed E-state index contributed by atoms with van der Waals surface area (Å²) in [5.41, 5.74) is 4.86. The first-order valence-corrected chi connectivity index (χ1v) is 10.7. The SMILES string of the molecule is CNCCN1CCC(c2ccc3[nH]c(-c4cccc(OC(F)(F)F)c4)c(C)c3c2)CC1. The van der Waals surface area contributed by atoms with Crippen LogP contribution in [0, 0.1) is 6.92 Å². The van der Waals surface area contributed by atoms with Gasteiger partial charge in [-0.15, -0.1) is 13.2 Å². The number of aryl methyl sites for hydroxylation is 1. The molecule has 1 aliphatic heterocycles. The molecule has 0 spiro atoms. The molecule has 2 aromatic carbocycles. The second-order valence-corrected chi connectivity index (χ2v) is 8.23. The maximum absolute atomic E-state index is 12.6. The molecule has 2 heterocycles. The Morgan fingerprint density at radius 3 is 2.61 bits per heavy atom. The third-order valence-electron chi connectivity index (χ3n) is 6.18. The zero-order valence-corrected chi connectivity index (χ0v) is 17.9. The average Bonchev–Trinajstić information content (AvgIpc) is 3.07. The van der Waals surface area contributed by atoms with Crippen molar-refractivity contribution in [2.75, 3.05) is 33.2 Å². The predicted octanol–water partition coefficient (Wildman–Crippen LogP) is 5.44. The molecular formula is C24H28F3N3O. The van der Waals surface area contributed by atoms with Gasteiger partial charge in [-0.2, -0.15) is 0 Å². The van der Waals surface area contributed by atoms with E-state index in [1.807, 2.05) is 14.0 Å². The van der Waals surface area contributed by atoms with Crippen molar-refractivity contribution in [3.63, 3.8) is 0 Å². The summed E-state index contributed by atoms with van der Waals surface area (Å²) in [4.78, 5) is 5.88. The van der Waals surface area contributed by atoms with E-state index in [0.29, 0.717) is 11.5 Å². The number of rotatable bonds is 6. The van der Waals surface area contributed by atoms with Crippen molar-refractivity contribution >= 4 is 10.9 Å². The number of nitrogens with one attached hydrogen (secondary N) is 2. The highest BCUT2D eigenvalue weighted by atomic mass is 19.4. The second-order valence-electron chi connectivity index (χ2n) is 8.23. The number of hydrogen-bond acceptors (Lipinski definition) is 3. The van der Waals surface area contributed by atoms with Gasteiger partial charge in [-0.3, -0.25) is 0 Å². The van der Waals surface area contributed by atoms with Crippen molar-refractivity contribution in [1.82, 2.24) is 15.2 Å². The van der Waals surface area contributed by atoms with Gasteiger partial charge in [-0.25, -0.2) is 0 Å². The van der Waals surface area contributed by atoms with Crippen LogP contribution >= 0.6 is 0 Å². The monoisotopic (exact) mass is 431 g/mol. The lowest BCUT2D eigenvalue weighted by Gasteiger charge is -2.32. The van der Waals surface area contributed by atoms with Crippen LogP contribution in [0.1, 0.15) is 29.9 Å². The maximum atomic E-state index is 12.6. The largest absolute Gasteiger partial charge is 0.573 e. The molecule has 0 aliphatic carbocycles. The van der Waals surface area contributed by atoms with Crippen molar-refractivity contribution in [2.45, 2.75) is 32.0 Å². The molecule has 1 aliphatic rings. The first kappa shape index (κ1) is 21.7. The van der Waals surface area contributed by atoms with Crippen molar-refractivity contribution in [3.05, 3.63) is 53.6 Å². The quantitative estimate of drug-likeness (QED) is 0.546. The van der Waals surface area contributed by atoms with Gasteiger partial charge in [-0.1, -0.05) is 18.2 Å². The molecule has 31 heavy (non-hydrogen) atoms. The lowest BCUT2D eigenvalue weighted by Crippen LogP contribution is -2.37. The lowest BCUT2D eigenvalue weighted by molar-refractivity contribution is -0.274. The Labute approximate surface area is 180 Å². The number of piperidine rings is 1. The van der Waals surface area contributed by atoms with Gasteiger partial charge < -0.3 is 19.9 Å². The number of likely N-dealkylation sites (N-methyl/N-ethyl adjacent to an activating group) is 1. The Morgan fingerprint density at radius 2 is 1.90 bits per heavy atom. The summed E-state index contributed by atoms with van der Waals surface area (Å²) in [7, 11) is 1.98. The summed E-state index contributed by atoms with van der Waals surface area (Å²) in [5, 5.41) is 4.32. The van der Waals surface area contributed by atoms with Crippen LogP contribution < -0.4 is 10.1 Å². The molecule has 4 nitrogen and oxygen atoms in total. The molecule has 0 bridgehead atoms. The molecule has 4 rings (SSSR count). The smallest absolute Gasteiger partial charge is 0.406 e. The van der Waals surface area contributed by atoms with Crippen molar-refractivity contribution in [3.8, 4) is 17.0 Å². The van der Waals surface area contributed by atoms with E-state index in [-0.39, 0.29) is 5.75 Å². The van der Waals surface area contributed by atoms with Crippen LogP contribution in [-0.2, 0) is 0 Å². The molecular weight excluding hydrogens is 403 g/mol. The minimum atomic E-state index is -4.70.